The standard InChI is InChI=1S/C11H10N2O4/c1-16-10-6-8(11(14)15)2-3-9(10)17-13-5-4-12-7-13/h2-7H,1H3,(H,14,15). The summed E-state index contributed by atoms with van der Waals surface area (Å²) >= 11 is 0. The van der Waals surface area contributed by atoms with Gasteiger partial charge in [0.2, 0.25) is 0 Å². The predicted molar refractivity (Wildman–Crippen MR) is 58.2 cm³/mol. The number of rotatable bonds is 4. The Hall–Kier alpha value is -2.50. The van der Waals surface area contributed by atoms with Crippen molar-refractivity contribution in [3.05, 3.63) is 42.5 Å². The molecule has 6 nitrogen and oxygen atoms in total. The van der Waals surface area contributed by atoms with Gasteiger partial charge in [-0.3, -0.25) is 0 Å². The maximum atomic E-state index is 10.8. The number of hydrogen-bond acceptors (Lipinski definition) is 4. The van der Waals surface area contributed by atoms with E-state index in [2.05, 4.69) is 4.98 Å². The molecule has 0 bridgehead atoms. The molecule has 0 spiro atoms. The molecule has 1 heterocycles. The Morgan fingerprint density at radius 2 is 2.24 bits per heavy atom. The number of carboxylic acids is 1. The Kier molecular flexibility index (Phi) is 2.95. The summed E-state index contributed by atoms with van der Waals surface area (Å²) in [5.41, 5.74) is 0.139. The van der Waals surface area contributed by atoms with Crippen LogP contribution >= 0.6 is 0 Å². The van der Waals surface area contributed by atoms with Crippen LogP contribution in [0.1, 0.15) is 10.4 Å². The first-order chi connectivity index (χ1) is 8.20. The van der Waals surface area contributed by atoms with Gasteiger partial charge in [-0.15, -0.1) is 0 Å². The highest BCUT2D eigenvalue weighted by Gasteiger charge is 2.10. The maximum absolute atomic E-state index is 10.8. The second-order valence-corrected chi connectivity index (χ2v) is 3.18. The van der Waals surface area contributed by atoms with Crippen LogP contribution in [0.3, 0.4) is 0 Å². The van der Waals surface area contributed by atoms with E-state index in [1.165, 1.54) is 36.4 Å². The fraction of sp³-hybridized carbons (Fsp3) is 0.0909. The number of aromatic carboxylic acids is 1. The van der Waals surface area contributed by atoms with Gasteiger partial charge < -0.3 is 14.7 Å². The van der Waals surface area contributed by atoms with Crippen LogP contribution in [0, 0.1) is 0 Å². The third-order valence-corrected chi connectivity index (χ3v) is 2.09. The van der Waals surface area contributed by atoms with E-state index < -0.39 is 5.97 Å². The van der Waals surface area contributed by atoms with E-state index in [0.29, 0.717) is 11.5 Å². The summed E-state index contributed by atoms with van der Waals surface area (Å²) in [5, 5.41) is 8.84. The van der Waals surface area contributed by atoms with Crippen LogP contribution in [0.5, 0.6) is 11.5 Å². The average Bonchev–Trinajstić information content (AvgIpc) is 2.82. The molecule has 0 saturated carbocycles. The molecule has 6 heteroatoms. The fourth-order valence-corrected chi connectivity index (χ4v) is 1.29. The number of hydrogen-bond donors (Lipinski definition) is 1. The number of benzene rings is 1. The van der Waals surface area contributed by atoms with Gasteiger partial charge >= 0.3 is 5.97 Å². The van der Waals surface area contributed by atoms with Gasteiger partial charge in [0, 0.05) is 6.20 Å². The van der Waals surface area contributed by atoms with E-state index in [1.54, 1.807) is 12.4 Å². The van der Waals surface area contributed by atoms with Crippen molar-refractivity contribution in [1.29, 1.82) is 0 Å². The van der Waals surface area contributed by atoms with Crippen molar-refractivity contribution in [3.8, 4) is 11.5 Å². The smallest absolute Gasteiger partial charge is 0.335 e. The summed E-state index contributed by atoms with van der Waals surface area (Å²) in [6.07, 6.45) is 4.66. The Morgan fingerprint density at radius 1 is 1.41 bits per heavy atom. The van der Waals surface area contributed by atoms with Crippen LogP contribution < -0.4 is 9.57 Å². The van der Waals surface area contributed by atoms with Crippen molar-refractivity contribution < 1.29 is 19.5 Å². The summed E-state index contributed by atoms with van der Waals surface area (Å²) in [6, 6.07) is 4.37. The Labute approximate surface area is 97.0 Å². The molecule has 0 aliphatic rings. The third kappa shape index (κ3) is 2.36. The van der Waals surface area contributed by atoms with Gasteiger partial charge in [0.05, 0.1) is 18.9 Å². The van der Waals surface area contributed by atoms with Crippen molar-refractivity contribution in [2.45, 2.75) is 0 Å². The van der Waals surface area contributed by atoms with E-state index in [1.807, 2.05) is 0 Å². The first-order valence-corrected chi connectivity index (χ1v) is 4.78. The lowest BCUT2D eigenvalue weighted by molar-refractivity contribution is 0.0696. The molecule has 1 N–H and O–H groups in total. The molecule has 0 saturated heterocycles. The van der Waals surface area contributed by atoms with E-state index in [4.69, 9.17) is 14.7 Å². The molecule has 0 fully saturated rings. The molecule has 2 rings (SSSR count). The fourth-order valence-electron chi connectivity index (χ4n) is 1.29. The number of imidazole rings is 1. The molecule has 17 heavy (non-hydrogen) atoms. The number of aromatic nitrogens is 2. The zero-order valence-electron chi connectivity index (χ0n) is 9.03. The summed E-state index contributed by atoms with van der Waals surface area (Å²) in [6.45, 7) is 0. The van der Waals surface area contributed by atoms with Crippen molar-refractivity contribution in [1.82, 2.24) is 9.71 Å². The second-order valence-electron chi connectivity index (χ2n) is 3.18. The van der Waals surface area contributed by atoms with Crippen LogP contribution in [0.4, 0.5) is 0 Å². The summed E-state index contributed by atoms with van der Waals surface area (Å²) in [5.74, 6) is -0.258. The molecule has 1 aromatic heterocycles. The van der Waals surface area contributed by atoms with E-state index in [0.717, 1.165) is 0 Å². The van der Waals surface area contributed by atoms with Gasteiger partial charge in [-0.2, -0.15) is 4.73 Å². The van der Waals surface area contributed by atoms with Crippen LogP contribution in [-0.4, -0.2) is 27.9 Å². The molecule has 0 atom stereocenters. The molecular formula is C11H10N2O4. The van der Waals surface area contributed by atoms with Crippen LogP contribution in [0.25, 0.3) is 0 Å². The zero-order chi connectivity index (χ0) is 12.3. The first kappa shape index (κ1) is 11.0. The normalized spacial score (nSPS) is 9.94. The quantitative estimate of drug-likeness (QED) is 0.866. The number of methoxy groups -OCH3 is 1. The van der Waals surface area contributed by atoms with Crippen LogP contribution in [0.15, 0.2) is 36.9 Å². The summed E-state index contributed by atoms with van der Waals surface area (Å²) in [4.78, 5) is 20.0. The highest BCUT2D eigenvalue weighted by molar-refractivity contribution is 5.88. The lowest BCUT2D eigenvalue weighted by Crippen LogP contribution is -2.04. The van der Waals surface area contributed by atoms with E-state index >= 15 is 0 Å². The van der Waals surface area contributed by atoms with Crippen molar-refractivity contribution in [3.63, 3.8) is 0 Å². The minimum Gasteiger partial charge on any atom is -0.493 e. The van der Waals surface area contributed by atoms with E-state index in [9.17, 15) is 4.79 Å². The van der Waals surface area contributed by atoms with Gasteiger partial charge in [-0.05, 0) is 18.2 Å². The first-order valence-electron chi connectivity index (χ1n) is 4.78. The molecular weight excluding hydrogens is 224 g/mol. The second kappa shape index (κ2) is 4.56. The monoisotopic (exact) mass is 234 g/mol. The summed E-state index contributed by atoms with van der Waals surface area (Å²) in [7, 11) is 1.45. The zero-order valence-corrected chi connectivity index (χ0v) is 9.03. The van der Waals surface area contributed by atoms with Crippen molar-refractivity contribution in [2.24, 2.45) is 0 Å². The van der Waals surface area contributed by atoms with Gasteiger partial charge in [-0.1, -0.05) is 0 Å². The van der Waals surface area contributed by atoms with Crippen LogP contribution in [-0.2, 0) is 0 Å². The Balaban J connectivity index is 2.31. The Morgan fingerprint density at radius 3 is 2.82 bits per heavy atom. The minimum absolute atomic E-state index is 0.139. The van der Waals surface area contributed by atoms with Crippen molar-refractivity contribution in [2.75, 3.05) is 7.11 Å². The van der Waals surface area contributed by atoms with Crippen molar-refractivity contribution >= 4 is 5.97 Å². The number of carboxylic acid groups (broad SMARTS) is 1. The van der Waals surface area contributed by atoms with Crippen LogP contribution in [0.2, 0.25) is 0 Å². The molecule has 2 aromatic rings. The molecule has 0 unspecified atom stereocenters. The molecule has 0 amide bonds. The highest BCUT2D eigenvalue weighted by atomic mass is 16.7. The van der Waals surface area contributed by atoms with Gasteiger partial charge in [0.25, 0.3) is 0 Å². The lowest BCUT2D eigenvalue weighted by Gasteiger charge is -2.10. The Bertz CT molecular complexity index is 522. The number of nitrogens with zero attached hydrogens (tertiary/aromatic N) is 2. The third-order valence-electron chi connectivity index (χ3n) is 2.09. The SMILES string of the molecule is COc1cc(C(=O)O)ccc1On1ccnc1. The highest BCUT2D eigenvalue weighted by Crippen LogP contribution is 2.28. The van der Waals surface area contributed by atoms with E-state index in [-0.39, 0.29) is 5.56 Å². The largest absolute Gasteiger partial charge is 0.493 e. The molecule has 1 aromatic carbocycles. The lowest BCUT2D eigenvalue weighted by atomic mass is 10.2. The topological polar surface area (TPSA) is 73.6 Å². The van der Waals surface area contributed by atoms with Gasteiger partial charge in [0.1, 0.15) is 6.33 Å². The minimum atomic E-state index is -1.02. The molecule has 0 aliphatic heterocycles. The predicted octanol–water partition coefficient (Wildman–Crippen LogP) is 1.43. The summed E-state index contributed by atoms with van der Waals surface area (Å²) < 4.78 is 6.45. The number of ether oxygens (including phenoxy) is 1. The molecule has 0 aliphatic carbocycles. The van der Waals surface area contributed by atoms with Gasteiger partial charge in [0.15, 0.2) is 11.5 Å². The number of carbonyl (C=O) groups is 1. The maximum Gasteiger partial charge on any atom is 0.335 e. The van der Waals surface area contributed by atoms with Gasteiger partial charge in [-0.25, -0.2) is 9.78 Å². The molecule has 88 valence electrons. The molecule has 0 radical (unpaired) electrons. The average molecular weight is 234 g/mol.